The molecular formula is C30H36N2O2. The van der Waals surface area contributed by atoms with E-state index in [1.165, 1.54) is 11.1 Å². The number of rotatable bonds is 14. The van der Waals surface area contributed by atoms with Crippen molar-refractivity contribution in [1.82, 2.24) is 9.80 Å². The molecule has 3 rings (SSSR count). The molecule has 0 aliphatic carbocycles. The highest BCUT2D eigenvalue weighted by atomic mass is 16.1. The molecule has 0 spiro atoms. The lowest BCUT2D eigenvalue weighted by Gasteiger charge is -2.16. The van der Waals surface area contributed by atoms with Crippen LogP contribution in [0.4, 0.5) is 0 Å². The van der Waals surface area contributed by atoms with Gasteiger partial charge < -0.3 is 9.80 Å². The Labute approximate surface area is 204 Å². The summed E-state index contributed by atoms with van der Waals surface area (Å²) in [6.45, 7) is 3.51. The Morgan fingerprint density at radius 1 is 0.559 bits per heavy atom. The van der Waals surface area contributed by atoms with Gasteiger partial charge in [-0.1, -0.05) is 84.9 Å². The van der Waals surface area contributed by atoms with E-state index in [-0.39, 0.29) is 11.6 Å². The van der Waals surface area contributed by atoms with Gasteiger partial charge in [0.15, 0.2) is 11.6 Å². The van der Waals surface area contributed by atoms with E-state index in [1.807, 2.05) is 36.4 Å². The second-order valence-corrected chi connectivity index (χ2v) is 9.08. The monoisotopic (exact) mass is 456 g/mol. The Morgan fingerprint density at radius 2 is 0.912 bits per heavy atom. The molecule has 4 nitrogen and oxygen atoms in total. The maximum Gasteiger partial charge on any atom is 0.162 e. The number of nitrogens with zero attached hydrogens (tertiary/aromatic N) is 2. The lowest BCUT2D eigenvalue weighted by atomic mass is 10.0. The van der Waals surface area contributed by atoms with E-state index in [1.54, 1.807) is 24.3 Å². The highest BCUT2D eigenvalue weighted by molar-refractivity contribution is 5.99. The number of hydrogen-bond donors (Lipinski definition) is 0. The van der Waals surface area contributed by atoms with Gasteiger partial charge in [0, 0.05) is 37.1 Å². The van der Waals surface area contributed by atoms with Gasteiger partial charge in [-0.15, -0.1) is 0 Å². The van der Waals surface area contributed by atoms with Gasteiger partial charge in [-0.05, 0) is 51.2 Å². The molecule has 178 valence electrons. The minimum absolute atomic E-state index is 0.134. The van der Waals surface area contributed by atoms with E-state index in [0.29, 0.717) is 24.0 Å². The summed E-state index contributed by atoms with van der Waals surface area (Å²) in [5.74, 6) is 0.268. The molecule has 4 heteroatoms. The van der Waals surface area contributed by atoms with Crippen LogP contribution < -0.4 is 0 Å². The summed E-state index contributed by atoms with van der Waals surface area (Å²) in [5.41, 5.74) is 3.92. The van der Waals surface area contributed by atoms with Crippen LogP contribution in [0.15, 0.2) is 84.9 Å². The molecule has 0 aliphatic rings. The molecule has 3 aromatic rings. The second kappa shape index (κ2) is 13.6. The van der Waals surface area contributed by atoms with Gasteiger partial charge in [0.2, 0.25) is 0 Å². The van der Waals surface area contributed by atoms with Crippen LogP contribution in [0, 0.1) is 0 Å². The van der Waals surface area contributed by atoms with Gasteiger partial charge in [-0.2, -0.15) is 0 Å². The average molecular weight is 457 g/mol. The molecule has 0 radical (unpaired) electrons. The molecule has 0 fully saturated rings. The Morgan fingerprint density at radius 3 is 1.26 bits per heavy atom. The molecule has 0 aromatic heterocycles. The van der Waals surface area contributed by atoms with E-state index in [9.17, 15) is 9.59 Å². The maximum atomic E-state index is 12.6. The fourth-order valence-electron chi connectivity index (χ4n) is 4.10. The zero-order valence-electron chi connectivity index (χ0n) is 20.5. The number of hydrogen-bond acceptors (Lipinski definition) is 4. The van der Waals surface area contributed by atoms with E-state index < -0.39 is 0 Å². The van der Waals surface area contributed by atoms with Crippen molar-refractivity contribution in [3.63, 3.8) is 0 Å². The number of Topliss-reactive ketones (excluding diaryl/α,β-unsaturated/α-hetero) is 2. The minimum atomic E-state index is 0.134. The largest absolute Gasteiger partial charge is 0.302 e. The lowest BCUT2D eigenvalue weighted by molar-refractivity contribution is 0.0964. The van der Waals surface area contributed by atoms with Crippen LogP contribution in [-0.2, 0) is 13.1 Å². The molecule has 0 bridgehead atoms. The first-order chi connectivity index (χ1) is 16.5. The summed E-state index contributed by atoms with van der Waals surface area (Å²) in [6.07, 6.45) is 2.67. The predicted octanol–water partition coefficient (Wildman–Crippen LogP) is 5.88. The summed E-state index contributed by atoms with van der Waals surface area (Å²) in [4.78, 5) is 29.6. The number of ketones is 2. The van der Waals surface area contributed by atoms with Gasteiger partial charge in [0.25, 0.3) is 0 Å². The van der Waals surface area contributed by atoms with E-state index >= 15 is 0 Å². The van der Waals surface area contributed by atoms with Crippen LogP contribution in [0.3, 0.4) is 0 Å². The molecular weight excluding hydrogens is 420 g/mol. The molecule has 0 amide bonds. The summed E-state index contributed by atoms with van der Waals surface area (Å²) in [5, 5.41) is 0. The third kappa shape index (κ3) is 8.69. The SMILES string of the molecule is CN(CCCC(=O)c1ccc(C(=O)CCCN(C)Cc2ccccc2)cc1)Cc1ccccc1. The standard InChI is InChI=1S/C30H36N2O2/c1-31(23-25-11-5-3-6-12-25)21-9-15-29(33)27-17-19-28(20-18-27)30(34)16-10-22-32(2)24-26-13-7-4-8-14-26/h3-8,11-14,17-20H,9-10,15-16,21-24H2,1-2H3. The second-order valence-electron chi connectivity index (χ2n) is 9.08. The Kier molecular flexibility index (Phi) is 10.2. The summed E-state index contributed by atoms with van der Waals surface area (Å²) < 4.78 is 0. The summed E-state index contributed by atoms with van der Waals surface area (Å²) in [6, 6.07) is 27.9. The highest BCUT2D eigenvalue weighted by Gasteiger charge is 2.11. The molecule has 0 saturated heterocycles. The first-order valence-corrected chi connectivity index (χ1v) is 12.1. The number of carbonyl (C=O) groups is 2. The Balaban J connectivity index is 1.36. The van der Waals surface area contributed by atoms with Crippen molar-refractivity contribution < 1.29 is 9.59 Å². The van der Waals surface area contributed by atoms with Crippen LogP contribution >= 0.6 is 0 Å². The van der Waals surface area contributed by atoms with Crippen molar-refractivity contribution in [1.29, 1.82) is 0 Å². The van der Waals surface area contributed by atoms with Crippen molar-refractivity contribution in [3.8, 4) is 0 Å². The quantitative estimate of drug-likeness (QED) is 0.284. The van der Waals surface area contributed by atoms with Crippen LogP contribution in [-0.4, -0.2) is 48.6 Å². The van der Waals surface area contributed by atoms with E-state index in [4.69, 9.17) is 0 Å². The molecule has 0 unspecified atom stereocenters. The van der Waals surface area contributed by atoms with E-state index in [0.717, 1.165) is 39.0 Å². The van der Waals surface area contributed by atoms with Gasteiger partial charge in [0.1, 0.15) is 0 Å². The van der Waals surface area contributed by atoms with Crippen LogP contribution in [0.2, 0.25) is 0 Å². The van der Waals surface area contributed by atoms with E-state index in [2.05, 4.69) is 48.2 Å². The lowest BCUT2D eigenvalue weighted by Crippen LogP contribution is -2.20. The third-order valence-electron chi connectivity index (χ3n) is 6.01. The first kappa shape index (κ1) is 25.5. The van der Waals surface area contributed by atoms with Crippen molar-refractivity contribution in [2.75, 3.05) is 27.2 Å². The molecule has 0 aliphatic heterocycles. The molecule has 0 heterocycles. The minimum Gasteiger partial charge on any atom is -0.302 e. The summed E-state index contributed by atoms with van der Waals surface area (Å²) >= 11 is 0. The topological polar surface area (TPSA) is 40.6 Å². The van der Waals surface area contributed by atoms with Crippen molar-refractivity contribution in [3.05, 3.63) is 107 Å². The van der Waals surface area contributed by atoms with Crippen LogP contribution in [0.25, 0.3) is 0 Å². The van der Waals surface area contributed by atoms with Gasteiger partial charge >= 0.3 is 0 Å². The van der Waals surface area contributed by atoms with Crippen LogP contribution in [0.1, 0.15) is 57.5 Å². The van der Waals surface area contributed by atoms with Gasteiger partial charge in [-0.3, -0.25) is 9.59 Å². The smallest absolute Gasteiger partial charge is 0.162 e. The Hall–Kier alpha value is -3.08. The van der Waals surface area contributed by atoms with Crippen molar-refractivity contribution in [2.45, 2.75) is 38.8 Å². The van der Waals surface area contributed by atoms with Crippen molar-refractivity contribution in [2.24, 2.45) is 0 Å². The van der Waals surface area contributed by atoms with Crippen molar-refractivity contribution >= 4 is 11.6 Å². The zero-order chi connectivity index (χ0) is 24.2. The van der Waals surface area contributed by atoms with Gasteiger partial charge in [0.05, 0.1) is 0 Å². The predicted molar refractivity (Wildman–Crippen MR) is 139 cm³/mol. The number of carbonyl (C=O) groups excluding carboxylic acids is 2. The normalized spacial score (nSPS) is 11.2. The maximum absolute atomic E-state index is 12.6. The fourth-order valence-corrected chi connectivity index (χ4v) is 4.10. The third-order valence-corrected chi connectivity index (χ3v) is 6.01. The van der Waals surface area contributed by atoms with Crippen LogP contribution in [0.5, 0.6) is 0 Å². The molecule has 34 heavy (non-hydrogen) atoms. The highest BCUT2D eigenvalue weighted by Crippen LogP contribution is 2.12. The number of benzene rings is 3. The van der Waals surface area contributed by atoms with Gasteiger partial charge in [-0.25, -0.2) is 0 Å². The Bertz CT molecular complexity index is 932. The molecule has 3 aromatic carbocycles. The fraction of sp³-hybridized carbons (Fsp3) is 0.333. The molecule has 0 saturated carbocycles. The summed E-state index contributed by atoms with van der Waals surface area (Å²) in [7, 11) is 4.16. The molecule has 0 atom stereocenters. The first-order valence-electron chi connectivity index (χ1n) is 12.1. The zero-order valence-corrected chi connectivity index (χ0v) is 20.5. The molecule has 0 N–H and O–H groups in total. The average Bonchev–Trinajstić information content (AvgIpc) is 2.85.